The van der Waals surface area contributed by atoms with Crippen molar-refractivity contribution in [2.45, 2.75) is 76.7 Å². The highest BCUT2D eigenvalue weighted by Gasteiger charge is 2.59. The molecule has 7 aliphatic rings. The van der Waals surface area contributed by atoms with Gasteiger partial charge in [0.2, 0.25) is 17.7 Å². The van der Waals surface area contributed by atoms with Crippen molar-refractivity contribution in [1.29, 1.82) is 0 Å². The highest BCUT2D eigenvalue weighted by atomic mass is 35.5. The number of piperazine rings is 1. The largest absolute Gasteiger partial charge is 0.459 e. The van der Waals surface area contributed by atoms with Gasteiger partial charge in [-0.05, 0) is 117 Å². The standard InChI is InChI=1S/C40H48ClN5O5/c1-2-40-31(37(49)44-9-11-45(12-10-44)38(50)33-4-3-13-51-33)17-27(18-34(47)42-23-39-20-24-14-25(21-39)16-26(15-24)22-39)36(48)46(40)8-7-29-30-19-28(41)5-6-32(30)43-35(29)40/h3-6,13,19,24-27,31,43H,2,7-12,14-18,20-23H2,1H3,(H,42,47)/t24?,25?,26?,27-,31-,39?,40+/m1/s1. The summed E-state index contributed by atoms with van der Waals surface area (Å²) in [6, 6.07) is 9.16. The molecule has 0 radical (unpaired) electrons. The number of carbonyl (C=O) groups is 4. The van der Waals surface area contributed by atoms with E-state index in [-0.39, 0.29) is 35.5 Å². The molecular formula is C40H48ClN5O5. The normalized spacial score (nSPS) is 32.6. The fourth-order valence-corrected chi connectivity index (χ4v) is 12.1. The first kappa shape index (κ1) is 33.1. The van der Waals surface area contributed by atoms with Crippen LogP contribution in [-0.2, 0) is 26.3 Å². The topological polar surface area (TPSA) is 119 Å². The zero-order valence-corrected chi connectivity index (χ0v) is 30.2. The summed E-state index contributed by atoms with van der Waals surface area (Å²) in [6.07, 6.45) is 10.8. The summed E-state index contributed by atoms with van der Waals surface area (Å²) in [6.45, 7) is 4.80. The Morgan fingerprint density at radius 1 is 0.961 bits per heavy atom. The number of hydrogen-bond donors (Lipinski definition) is 2. The van der Waals surface area contributed by atoms with Gasteiger partial charge in [-0.1, -0.05) is 18.5 Å². The number of nitrogens with zero attached hydrogens (tertiary/aromatic N) is 3. The van der Waals surface area contributed by atoms with Crippen LogP contribution in [0.25, 0.3) is 10.9 Å². The van der Waals surface area contributed by atoms with E-state index in [0.717, 1.165) is 39.9 Å². The monoisotopic (exact) mass is 713 g/mol. The van der Waals surface area contributed by atoms with Crippen molar-refractivity contribution in [1.82, 2.24) is 25.0 Å². The van der Waals surface area contributed by atoms with E-state index in [1.165, 1.54) is 44.8 Å². The average Bonchev–Trinajstić information content (AvgIpc) is 3.80. The minimum Gasteiger partial charge on any atom is -0.459 e. The lowest BCUT2D eigenvalue weighted by atomic mass is 9.49. The van der Waals surface area contributed by atoms with E-state index < -0.39 is 17.4 Å². The number of H-pyrrole nitrogens is 1. The van der Waals surface area contributed by atoms with Crippen LogP contribution in [0.4, 0.5) is 0 Å². The number of nitrogens with one attached hydrogen (secondary N) is 2. The molecule has 4 saturated carbocycles. The Hall–Kier alpha value is -3.79. The van der Waals surface area contributed by atoms with E-state index in [1.807, 2.05) is 28.0 Å². The molecular weight excluding hydrogens is 666 g/mol. The Bertz CT molecular complexity index is 1840. The van der Waals surface area contributed by atoms with E-state index in [0.29, 0.717) is 69.3 Å². The van der Waals surface area contributed by atoms with Crippen LogP contribution in [0.1, 0.15) is 86.5 Å². The van der Waals surface area contributed by atoms with Crippen molar-refractivity contribution in [3.8, 4) is 0 Å². The number of halogens is 1. The van der Waals surface area contributed by atoms with Gasteiger partial charge < -0.3 is 29.4 Å². The molecule has 3 aliphatic heterocycles. The molecule has 2 N–H and O–H groups in total. The van der Waals surface area contributed by atoms with Gasteiger partial charge in [0.1, 0.15) is 0 Å². The Morgan fingerprint density at radius 2 is 1.67 bits per heavy atom. The lowest BCUT2D eigenvalue weighted by Gasteiger charge is -2.57. The molecule has 51 heavy (non-hydrogen) atoms. The van der Waals surface area contributed by atoms with E-state index >= 15 is 0 Å². The van der Waals surface area contributed by atoms with E-state index in [9.17, 15) is 19.2 Å². The minimum absolute atomic E-state index is 0.0250. The summed E-state index contributed by atoms with van der Waals surface area (Å²) in [4.78, 5) is 65.4. The third-order valence-electron chi connectivity index (χ3n) is 13.8. The first-order chi connectivity index (χ1) is 24.7. The fourth-order valence-electron chi connectivity index (χ4n) is 12.0. The zero-order chi connectivity index (χ0) is 35.1. The third kappa shape index (κ3) is 5.41. The first-order valence-corrected chi connectivity index (χ1v) is 19.5. The molecule has 10 rings (SSSR count). The predicted octanol–water partition coefficient (Wildman–Crippen LogP) is 5.75. The number of hydrogen-bond acceptors (Lipinski definition) is 5. The summed E-state index contributed by atoms with van der Waals surface area (Å²) >= 11 is 6.46. The molecule has 0 spiro atoms. The smallest absolute Gasteiger partial charge is 0.289 e. The molecule has 3 aromatic rings. The second-order valence-electron chi connectivity index (χ2n) is 16.7. The highest BCUT2D eigenvalue weighted by molar-refractivity contribution is 6.31. The highest BCUT2D eigenvalue weighted by Crippen LogP contribution is 2.60. The molecule has 270 valence electrons. The van der Waals surface area contributed by atoms with Crippen molar-refractivity contribution in [2.24, 2.45) is 35.0 Å². The number of piperidine rings is 1. The maximum Gasteiger partial charge on any atom is 0.289 e. The molecule has 4 bridgehead atoms. The van der Waals surface area contributed by atoms with Crippen molar-refractivity contribution in [3.63, 3.8) is 0 Å². The van der Waals surface area contributed by atoms with Crippen LogP contribution in [0, 0.1) is 35.0 Å². The average molecular weight is 714 g/mol. The third-order valence-corrected chi connectivity index (χ3v) is 14.0. The zero-order valence-electron chi connectivity index (χ0n) is 29.4. The molecule has 6 fully saturated rings. The van der Waals surface area contributed by atoms with Gasteiger partial charge in [-0.3, -0.25) is 19.2 Å². The van der Waals surface area contributed by atoms with Gasteiger partial charge >= 0.3 is 0 Å². The summed E-state index contributed by atoms with van der Waals surface area (Å²) in [5, 5.41) is 4.98. The van der Waals surface area contributed by atoms with Gasteiger partial charge in [-0.25, -0.2) is 0 Å². The molecule has 10 nitrogen and oxygen atoms in total. The summed E-state index contributed by atoms with van der Waals surface area (Å²) in [5.74, 6) is 1.23. The molecule has 0 unspecified atom stereocenters. The van der Waals surface area contributed by atoms with Gasteiger partial charge in [-0.15, -0.1) is 0 Å². The number of aromatic nitrogens is 1. The quantitative estimate of drug-likeness (QED) is 0.324. The van der Waals surface area contributed by atoms with Crippen LogP contribution in [0.3, 0.4) is 0 Å². The molecule has 4 amide bonds. The van der Waals surface area contributed by atoms with Gasteiger partial charge in [0, 0.05) is 73.2 Å². The number of carbonyl (C=O) groups excluding carboxylic acids is 4. The lowest BCUT2D eigenvalue weighted by molar-refractivity contribution is -0.167. The van der Waals surface area contributed by atoms with Crippen LogP contribution in [0.15, 0.2) is 41.0 Å². The molecule has 2 saturated heterocycles. The van der Waals surface area contributed by atoms with Crippen molar-refractivity contribution in [2.75, 3.05) is 39.3 Å². The van der Waals surface area contributed by atoms with Crippen LogP contribution < -0.4 is 5.32 Å². The number of benzene rings is 1. The lowest BCUT2D eigenvalue weighted by Crippen LogP contribution is -2.66. The van der Waals surface area contributed by atoms with Crippen LogP contribution in [0.2, 0.25) is 5.02 Å². The Kier molecular flexibility index (Phi) is 8.05. The van der Waals surface area contributed by atoms with E-state index in [2.05, 4.69) is 17.2 Å². The van der Waals surface area contributed by atoms with Crippen LogP contribution >= 0.6 is 11.6 Å². The van der Waals surface area contributed by atoms with Crippen molar-refractivity contribution >= 4 is 46.1 Å². The first-order valence-electron chi connectivity index (χ1n) is 19.2. The molecule has 2 aromatic heterocycles. The van der Waals surface area contributed by atoms with Gasteiger partial charge in [0.05, 0.1) is 17.7 Å². The summed E-state index contributed by atoms with van der Waals surface area (Å²) in [7, 11) is 0. The maximum atomic E-state index is 14.9. The Labute approximate surface area is 303 Å². The van der Waals surface area contributed by atoms with E-state index in [1.54, 1.807) is 17.0 Å². The molecule has 4 aliphatic carbocycles. The number of fused-ring (bicyclic) bond motifs is 5. The number of furan rings is 1. The van der Waals surface area contributed by atoms with Crippen molar-refractivity contribution in [3.05, 3.63) is 58.6 Å². The van der Waals surface area contributed by atoms with Gasteiger partial charge in [0.15, 0.2) is 5.76 Å². The molecule has 3 atom stereocenters. The van der Waals surface area contributed by atoms with Crippen LogP contribution in [-0.4, -0.2) is 82.6 Å². The van der Waals surface area contributed by atoms with Crippen LogP contribution in [0.5, 0.6) is 0 Å². The fraction of sp³-hybridized carbons (Fsp3) is 0.600. The SMILES string of the molecule is CC[C@]12c3[nH]c4ccc(Cl)cc4c3CCN1C(=O)[C@@H](CC(=O)NCC13CC4CC(CC(C4)C1)C3)C[C@@H]2C(=O)N1CCN(C(=O)c2ccco2)CC1. The van der Waals surface area contributed by atoms with Gasteiger partial charge in [0.25, 0.3) is 5.91 Å². The molecule has 1 aromatic carbocycles. The Morgan fingerprint density at radius 3 is 2.33 bits per heavy atom. The van der Waals surface area contributed by atoms with E-state index in [4.69, 9.17) is 16.0 Å². The summed E-state index contributed by atoms with van der Waals surface area (Å²) < 4.78 is 5.35. The number of rotatable bonds is 7. The number of aromatic amines is 1. The second kappa shape index (κ2) is 12.4. The summed E-state index contributed by atoms with van der Waals surface area (Å²) in [5.41, 5.74) is 2.28. The van der Waals surface area contributed by atoms with Crippen molar-refractivity contribution < 1.29 is 23.6 Å². The number of amides is 4. The molecule has 5 heterocycles. The molecule has 11 heteroatoms. The Balaban J connectivity index is 0.988. The minimum atomic E-state index is -0.888. The van der Waals surface area contributed by atoms with Gasteiger partial charge in [-0.2, -0.15) is 0 Å². The second-order valence-corrected chi connectivity index (χ2v) is 17.1. The predicted molar refractivity (Wildman–Crippen MR) is 192 cm³/mol. The maximum absolute atomic E-state index is 14.9.